The largest absolute Gasteiger partial charge is 0.343 e. The lowest BCUT2D eigenvalue weighted by Gasteiger charge is -2.31. The van der Waals surface area contributed by atoms with Crippen molar-refractivity contribution >= 4 is 5.91 Å². The van der Waals surface area contributed by atoms with Gasteiger partial charge in [-0.25, -0.2) is 0 Å². The fraction of sp³-hybridized carbons (Fsp3) is 0.400. The van der Waals surface area contributed by atoms with Crippen molar-refractivity contribution in [1.82, 2.24) is 5.32 Å². The maximum absolute atomic E-state index is 11.5. The number of nitrogens with one attached hydrogen (secondary N) is 1. The smallest absolute Gasteiger partial charge is 0.243 e. The van der Waals surface area contributed by atoms with Gasteiger partial charge in [0.2, 0.25) is 11.9 Å². The Balaban J connectivity index is 2.38. The molecule has 3 atom stereocenters. The van der Waals surface area contributed by atoms with E-state index in [1.165, 1.54) is 6.92 Å². The van der Waals surface area contributed by atoms with Crippen molar-refractivity contribution in [3.8, 4) is 0 Å². The highest BCUT2D eigenvalue weighted by Gasteiger charge is 2.42. The molecule has 0 unspecified atom stereocenters. The van der Waals surface area contributed by atoms with Crippen molar-refractivity contribution in [1.29, 1.82) is 0 Å². The molecule has 0 radical (unpaired) electrons. The highest BCUT2D eigenvalue weighted by molar-refractivity contribution is 5.73. The molecule has 2 rings (SSSR count). The number of carbonyl (C=O) groups is 1. The molecule has 1 amide bonds. The first-order valence-electron chi connectivity index (χ1n) is 6.62. The third-order valence-corrected chi connectivity index (χ3v) is 3.63. The first-order chi connectivity index (χ1) is 9.49. The second-order valence-electron chi connectivity index (χ2n) is 5.24. The van der Waals surface area contributed by atoms with Gasteiger partial charge < -0.3 is 5.32 Å². The Labute approximate surface area is 117 Å². The topological polar surface area (TPSA) is 72.2 Å². The van der Waals surface area contributed by atoms with Crippen LogP contribution in [0, 0.1) is 10.1 Å². The molecule has 1 aromatic rings. The minimum Gasteiger partial charge on any atom is -0.343 e. The summed E-state index contributed by atoms with van der Waals surface area (Å²) < 4.78 is 0. The molecule has 1 N–H and O–H groups in total. The van der Waals surface area contributed by atoms with Gasteiger partial charge in [-0.15, -0.1) is 0 Å². The number of nitro groups is 1. The molecule has 1 aliphatic carbocycles. The highest BCUT2D eigenvalue weighted by atomic mass is 16.6. The van der Waals surface area contributed by atoms with E-state index in [1.807, 2.05) is 37.3 Å². The number of rotatable bonds is 3. The Morgan fingerprint density at radius 1 is 1.35 bits per heavy atom. The van der Waals surface area contributed by atoms with Gasteiger partial charge in [-0.05, 0) is 18.9 Å². The van der Waals surface area contributed by atoms with Gasteiger partial charge in [0.1, 0.15) is 6.04 Å². The van der Waals surface area contributed by atoms with Gasteiger partial charge in [0.25, 0.3) is 0 Å². The first-order valence-corrected chi connectivity index (χ1v) is 6.62. The molecule has 20 heavy (non-hydrogen) atoms. The Hall–Kier alpha value is -2.17. The van der Waals surface area contributed by atoms with E-state index in [0.29, 0.717) is 6.42 Å². The number of hydrogen-bond acceptors (Lipinski definition) is 3. The van der Waals surface area contributed by atoms with E-state index in [2.05, 4.69) is 5.32 Å². The van der Waals surface area contributed by atoms with E-state index in [9.17, 15) is 14.9 Å². The van der Waals surface area contributed by atoms with Gasteiger partial charge in [-0.1, -0.05) is 42.0 Å². The molecular weight excluding hydrogens is 256 g/mol. The monoisotopic (exact) mass is 274 g/mol. The number of allylic oxidation sites excluding steroid dienone is 1. The van der Waals surface area contributed by atoms with Crippen molar-refractivity contribution in [3.63, 3.8) is 0 Å². The number of amides is 1. The van der Waals surface area contributed by atoms with Gasteiger partial charge in [0.05, 0.1) is 5.92 Å². The lowest BCUT2D eigenvalue weighted by molar-refractivity contribution is -0.529. The Morgan fingerprint density at radius 3 is 2.55 bits per heavy atom. The maximum Gasteiger partial charge on any atom is 0.243 e. The summed E-state index contributed by atoms with van der Waals surface area (Å²) in [7, 11) is 0. The van der Waals surface area contributed by atoms with Gasteiger partial charge in [-0.3, -0.25) is 14.9 Å². The molecule has 5 nitrogen and oxygen atoms in total. The van der Waals surface area contributed by atoms with Crippen LogP contribution in [0.4, 0.5) is 0 Å². The summed E-state index contributed by atoms with van der Waals surface area (Å²) >= 11 is 0. The van der Waals surface area contributed by atoms with Crippen LogP contribution in [0.1, 0.15) is 31.7 Å². The summed E-state index contributed by atoms with van der Waals surface area (Å²) in [6, 6.07) is 8.09. The average Bonchev–Trinajstić information content (AvgIpc) is 2.37. The number of carbonyl (C=O) groups excluding carboxylic acids is 1. The molecule has 0 heterocycles. The predicted octanol–water partition coefficient (Wildman–Crippen LogP) is 2.27. The normalized spacial score (nSPS) is 25.7. The summed E-state index contributed by atoms with van der Waals surface area (Å²) in [6.07, 6.45) is 2.44. The van der Waals surface area contributed by atoms with Crippen LogP contribution in [0.15, 0.2) is 42.0 Å². The fourth-order valence-electron chi connectivity index (χ4n) is 2.85. The van der Waals surface area contributed by atoms with Crippen LogP contribution in [0.3, 0.4) is 0 Å². The lowest BCUT2D eigenvalue weighted by Crippen LogP contribution is -2.50. The molecule has 0 fully saturated rings. The third kappa shape index (κ3) is 3.04. The SMILES string of the molecule is CC(=O)N[C@H]1C=C(C)C[C@H](c2ccccc2)[C@H]1[N+](=O)[O-]. The number of hydrogen-bond donors (Lipinski definition) is 1. The van der Waals surface area contributed by atoms with Crippen LogP contribution in [-0.4, -0.2) is 22.9 Å². The summed E-state index contributed by atoms with van der Waals surface area (Å²) in [5.41, 5.74) is 2.01. The maximum atomic E-state index is 11.5. The fourth-order valence-corrected chi connectivity index (χ4v) is 2.85. The van der Waals surface area contributed by atoms with Crippen LogP contribution in [0.5, 0.6) is 0 Å². The molecule has 1 aliphatic rings. The second-order valence-corrected chi connectivity index (χ2v) is 5.24. The van der Waals surface area contributed by atoms with Gasteiger partial charge in [0.15, 0.2) is 0 Å². The van der Waals surface area contributed by atoms with Crippen molar-refractivity contribution in [2.45, 2.75) is 38.3 Å². The average molecular weight is 274 g/mol. The Bertz CT molecular complexity index is 539. The standard InChI is InChI=1S/C15H18N2O3/c1-10-8-13(12-6-4-3-5-7-12)15(17(19)20)14(9-10)16-11(2)18/h3-7,9,13-15H,8H2,1-2H3,(H,16,18)/t13-,14+,15-/m1/s1. The zero-order valence-corrected chi connectivity index (χ0v) is 11.6. The predicted molar refractivity (Wildman–Crippen MR) is 75.9 cm³/mol. The molecule has 0 saturated carbocycles. The van der Waals surface area contributed by atoms with Crippen LogP contribution >= 0.6 is 0 Å². The Kier molecular flexibility index (Phi) is 4.17. The highest BCUT2D eigenvalue weighted by Crippen LogP contribution is 2.34. The van der Waals surface area contributed by atoms with Gasteiger partial charge in [-0.2, -0.15) is 0 Å². The van der Waals surface area contributed by atoms with Crippen LogP contribution in [-0.2, 0) is 4.79 Å². The van der Waals surface area contributed by atoms with E-state index in [1.54, 1.807) is 6.08 Å². The molecule has 0 spiro atoms. The molecule has 106 valence electrons. The van der Waals surface area contributed by atoms with E-state index in [-0.39, 0.29) is 16.7 Å². The minimum atomic E-state index is -0.829. The van der Waals surface area contributed by atoms with Crippen LogP contribution < -0.4 is 5.32 Å². The van der Waals surface area contributed by atoms with E-state index in [4.69, 9.17) is 0 Å². The summed E-state index contributed by atoms with van der Waals surface area (Å²) in [6.45, 7) is 3.33. The quantitative estimate of drug-likeness (QED) is 0.522. The molecule has 5 heteroatoms. The van der Waals surface area contributed by atoms with Crippen molar-refractivity contribution in [3.05, 3.63) is 57.7 Å². The summed E-state index contributed by atoms with van der Waals surface area (Å²) in [4.78, 5) is 22.5. The Morgan fingerprint density at radius 2 is 2.00 bits per heavy atom. The van der Waals surface area contributed by atoms with Gasteiger partial charge in [0, 0.05) is 11.8 Å². The zero-order valence-electron chi connectivity index (χ0n) is 11.6. The molecule has 0 aliphatic heterocycles. The van der Waals surface area contributed by atoms with E-state index in [0.717, 1.165) is 11.1 Å². The molecule has 1 aromatic carbocycles. The van der Waals surface area contributed by atoms with Crippen LogP contribution in [0.2, 0.25) is 0 Å². The van der Waals surface area contributed by atoms with Crippen molar-refractivity contribution < 1.29 is 9.72 Å². The van der Waals surface area contributed by atoms with Gasteiger partial charge >= 0.3 is 0 Å². The number of benzene rings is 1. The van der Waals surface area contributed by atoms with E-state index >= 15 is 0 Å². The van der Waals surface area contributed by atoms with Crippen molar-refractivity contribution in [2.75, 3.05) is 0 Å². The zero-order chi connectivity index (χ0) is 14.7. The van der Waals surface area contributed by atoms with Crippen molar-refractivity contribution in [2.24, 2.45) is 0 Å². The molecular formula is C15H18N2O3. The summed E-state index contributed by atoms with van der Waals surface area (Å²) in [5.74, 6) is -0.465. The lowest BCUT2D eigenvalue weighted by atomic mass is 9.78. The van der Waals surface area contributed by atoms with E-state index < -0.39 is 12.1 Å². The molecule has 0 bridgehead atoms. The minimum absolute atomic E-state index is 0.215. The summed E-state index contributed by atoms with van der Waals surface area (Å²) in [5, 5.41) is 14.1. The second kappa shape index (κ2) is 5.86. The third-order valence-electron chi connectivity index (χ3n) is 3.63. The first kappa shape index (κ1) is 14.2. The number of nitrogens with zero attached hydrogens (tertiary/aromatic N) is 1. The molecule has 0 saturated heterocycles. The molecule has 0 aromatic heterocycles. The van der Waals surface area contributed by atoms with Crippen LogP contribution in [0.25, 0.3) is 0 Å².